The van der Waals surface area contributed by atoms with Gasteiger partial charge in [0, 0.05) is 10.5 Å². The fraction of sp³-hybridized carbons (Fsp3) is 0.538. The average molecular weight is 268 g/mol. The number of rotatable bonds is 4. The van der Waals surface area contributed by atoms with E-state index in [2.05, 4.69) is 52.6 Å². The number of halogens is 1. The van der Waals surface area contributed by atoms with Crippen molar-refractivity contribution in [3.8, 4) is 0 Å². The predicted octanol–water partition coefficient (Wildman–Crippen LogP) is 3.38. The second-order valence-corrected chi connectivity index (χ2v) is 5.24. The molecule has 1 aromatic carbocycles. The molecule has 0 radical (unpaired) electrons. The Hall–Kier alpha value is -0.340. The molecule has 1 atom stereocenters. The van der Waals surface area contributed by atoms with Crippen molar-refractivity contribution in [2.24, 2.45) is 5.92 Å². The highest BCUT2D eigenvalue weighted by Crippen LogP contribution is 2.31. The minimum atomic E-state index is 0.650. The molecule has 0 aliphatic heterocycles. The number of hydrogen-bond acceptors (Lipinski definition) is 1. The van der Waals surface area contributed by atoms with Gasteiger partial charge in [-0.15, -0.1) is 0 Å². The van der Waals surface area contributed by atoms with Gasteiger partial charge in [0.25, 0.3) is 0 Å². The Bertz CT molecular complexity index is 320. The first-order valence-electron chi connectivity index (χ1n) is 5.72. The van der Waals surface area contributed by atoms with Crippen LogP contribution in [-0.2, 0) is 6.42 Å². The van der Waals surface area contributed by atoms with Crippen molar-refractivity contribution >= 4 is 15.9 Å². The summed E-state index contributed by atoms with van der Waals surface area (Å²) in [5.41, 5.74) is 1.42. The van der Waals surface area contributed by atoms with Gasteiger partial charge in [-0.1, -0.05) is 40.5 Å². The van der Waals surface area contributed by atoms with Crippen LogP contribution in [0.2, 0.25) is 0 Å². The van der Waals surface area contributed by atoms with Crippen LogP contribution in [0.25, 0.3) is 0 Å². The fourth-order valence-electron chi connectivity index (χ4n) is 2.25. The highest BCUT2D eigenvalue weighted by molar-refractivity contribution is 9.10. The van der Waals surface area contributed by atoms with Gasteiger partial charge in [0.15, 0.2) is 0 Å². The van der Waals surface area contributed by atoms with E-state index < -0.39 is 0 Å². The molecule has 2 heteroatoms. The highest BCUT2D eigenvalue weighted by Gasteiger charge is 2.26. The van der Waals surface area contributed by atoms with Gasteiger partial charge in [-0.25, -0.2) is 0 Å². The molecule has 1 unspecified atom stereocenters. The molecule has 1 aliphatic carbocycles. The molecule has 82 valence electrons. The summed E-state index contributed by atoms with van der Waals surface area (Å²) in [6.07, 6.45) is 5.35. The summed E-state index contributed by atoms with van der Waals surface area (Å²) in [7, 11) is 2.08. The largest absolute Gasteiger partial charge is 0.316 e. The predicted molar refractivity (Wildman–Crippen MR) is 68.0 cm³/mol. The zero-order valence-corrected chi connectivity index (χ0v) is 10.8. The van der Waals surface area contributed by atoms with Crippen molar-refractivity contribution in [1.82, 2.24) is 5.32 Å². The molecule has 1 saturated carbocycles. The zero-order valence-electron chi connectivity index (χ0n) is 9.17. The summed E-state index contributed by atoms with van der Waals surface area (Å²) in [6.45, 7) is 0. The third-order valence-electron chi connectivity index (χ3n) is 3.49. The fourth-order valence-corrected chi connectivity index (χ4v) is 2.69. The molecule has 2 rings (SSSR count). The second-order valence-electron chi connectivity index (χ2n) is 4.38. The van der Waals surface area contributed by atoms with Crippen LogP contribution in [0.5, 0.6) is 0 Å². The van der Waals surface area contributed by atoms with E-state index in [1.807, 2.05) is 0 Å². The van der Waals surface area contributed by atoms with Crippen molar-refractivity contribution in [2.45, 2.75) is 31.7 Å². The zero-order chi connectivity index (χ0) is 10.7. The molecule has 15 heavy (non-hydrogen) atoms. The average Bonchev–Trinajstić information content (AvgIpc) is 2.17. The van der Waals surface area contributed by atoms with E-state index in [4.69, 9.17) is 0 Å². The Balaban J connectivity index is 2.02. The molecule has 1 fully saturated rings. The van der Waals surface area contributed by atoms with Crippen LogP contribution in [-0.4, -0.2) is 13.1 Å². The summed E-state index contributed by atoms with van der Waals surface area (Å²) in [5, 5.41) is 3.46. The maximum absolute atomic E-state index is 3.62. The molecule has 0 spiro atoms. The minimum absolute atomic E-state index is 0.650. The highest BCUT2D eigenvalue weighted by atomic mass is 79.9. The van der Waals surface area contributed by atoms with Gasteiger partial charge in [0.05, 0.1) is 0 Å². The topological polar surface area (TPSA) is 12.0 Å². The molecule has 0 aromatic heterocycles. The lowest BCUT2D eigenvalue weighted by molar-refractivity contribution is 0.235. The van der Waals surface area contributed by atoms with Crippen LogP contribution < -0.4 is 5.32 Å². The first kappa shape index (κ1) is 11.2. The van der Waals surface area contributed by atoms with Gasteiger partial charge in [0.2, 0.25) is 0 Å². The molecule has 1 aliphatic rings. The maximum Gasteiger partial charge on any atom is 0.0207 e. The number of likely N-dealkylation sites (N-methyl/N-ethyl adjacent to an activating group) is 1. The summed E-state index contributed by atoms with van der Waals surface area (Å²) in [5.74, 6) is 0.891. The normalized spacial score (nSPS) is 18.5. The minimum Gasteiger partial charge on any atom is -0.316 e. The van der Waals surface area contributed by atoms with Crippen molar-refractivity contribution in [3.05, 3.63) is 34.3 Å². The smallest absolute Gasteiger partial charge is 0.0207 e. The third kappa shape index (κ3) is 2.61. The van der Waals surface area contributed by atoms with Crippen LogP contribution in [0, 0.1) is 5.92 Å². The Morgan fingerprint density at radius 2 is 2.13 bits per heavy atom. The number of nitrogens with one attached hydrogen (secondary N) is 1. The molecule has 0 heterocycles. The van der Waals surface area contributed by atoms with E-state index in [0.29, 0.717) is 6.04 Å². The lowest BCUT2D eigenvalue weighted by Crippen LogP contribution is -2.39. The Labute approximate surface area is 100 Å². The van der Waals surface area contributed by atoms with E-state index in [9.17, 15) is 0 Å². The first-order valence-corrected chi connectivity index (χ1v) is 6.51. The van der Waals surface area contributed by atoms with E-state index in [-0.39, 0.29) is 0 Å². The molecular formula is C13H18BrN. The summed E-state index contributed by atoms with van der Waals surface area (Å²) in [4.78, 5) is 0. The van der Waals surface area contributed by atoms with E-state index in [1.54, 1.807) is 0 Å². The monoisotopic (exact) mass is 267 g/mol. The van der Waals surface area contributed by atoms with Gasteiger partial charge in [0.1, 0.15) is 0 Å². The standard InChI is InChI=1S/C13H18BrN/c1-15-13(10-6-4-7-10)9-11-5-2-3-8-12(11)14/h2-3,5,8,10,13,15H,4,6-7,9H2,1H3. The van der Waals surface area contributed by atoms with Crippen molar-refractivity contribution < 1.29 is 0 Å². The van der Waals surface area contributed by atoms with Crippen LogP contribution >= 0.6 is 15.9 Å². The van der Waals surface area contributed by atoms with Gasteiger partial charge < -0.3 is 5.32 Å². The first-order chi connectivity index (χ1) is 7.31. The molecule has 1 aromatic rings. The molecule has 0 saturated heterocycles. The van der Waals surface area contributed by atoms with Crippen molar-refractivity contribution in [3.63, 3.8) is 0 Å². The molecular weight excluding hydrogens is 250 g/mol. The van der Waals surface area contributed by atoms with Gasteiger partial charge in [-0.2, -0.15) is 0 Å². The van der Waals surface area contributed by atoms with Gasteiger partial charge in [-0.05, 0) is 43.9 Å². The molecule has 0 amide bonds. The quantitative estimate of drug-likeness (QED) is 0.882. The SMILES string of the molecule is CNC(Cc1ccccc1Br)C1CCC1. The van der Waals surface area contributed by atoms with Crippen molar-refractivity contribution in [2.75, 3.05) is 7.05 Å². The van der Waals surface area contributed by atoms with E-state index in [1.165, 1.54) is 29.3 Å². The van der Waals surface area contributed by atoms with E-state index >= 15 is 0 Å². The second kappa shape index (κ2) is 5.13. The van der Waals surface area contributed by atoms with Crippen LogP contribution in [0.15, 0.2) is 28.7 Å². The van der Waals surface area contributed by atoms with Crippen LogP contribution in [0.1, 0.15) is 24.8 Å². The third-order valence-corrected chi connectivity index (χ3v) is 4.26. The van der Waals surface area contributed by atoms with Crippen LogP contribution in [0.4, 0.5) is 0 Å². The van der Waals surface area contributed by atoms with Crippen molar-refractivity contribution in [1.29, 1.82) is 0 Å². The lowest BCUT2D eigenvalue weighted by atomic mass is 9.78. The summed E-state index contributed by atoms with van der Waals surface area (Å²) >= 11 is 3.62. The summed E-state index contributed by atoms with van der Waals surface area (Å²) in [6, 6.07) is 9.19. The Morgan fingerprint density at radius 3 is 2.67 bits per heavy atom. The summed E-state index contributed by atoms with van der Waals surface area (Å²) < 4.78 is 1.24. The Kier molecular flexibility index (Phi) is 3.81. The number of benzene rings is 1. The van der Waals surface area contributed by atoms with E-state index in [0.717, 1.165) is 12.3 Å². The molecule has 1 N–H and O–H groups in total. The van der Waals surface area contributed by atoms with Crippen LogP contribution in [0.3, 0.4) is 0 Å². The number of hydrogen-bond donors (Lipinski definition) is 1. The molecule has 1 nitrogen and oxygen atoms in total. The van der Waals surface area contributed by atoms with Gasteiger partial charge >= 0.3 is 0 Å². The Morgan fingerprint density at radius 1 is 1.40 bits per heavy atom. The maximum atomic E-state index is 3.62. The van der Waals surface area contributed by atoms with Gasteiger partial charge in [-0.3, -0.25) is 0 Å². The molecule has 0 bridgehead atoms. The lowest BCUT2D eigenvalue weighted by Gasteiger charge is -2.33.